The number of alkyl halides is 1. The van der Waals surface area contributed by atoms with Crippen LogP contribution in [0.25, 0.3) is 11.3 Å². The molecule has 3 amide bonds. The predicted octanol–water partition coefficient (Wildman–Crippen LogP) is 3.33. The first kappa shape index (κ1) is 29.0. The second-order valence-electron chi connectivity index (χ2n) is 10.8. The Balaban J connectivity index is 1.08. The molecule has 3 aromatic rings. The average molecular weight is 617 g/mol. The van der Waals surface area contributed by atoms with E-state index in [-0.39, 0.29) is 45.4 Å². The minimum atomic E-state index is -1.36. The van der Waals surface area contributed by atoms with Crippen LogP contribution in [-0.4, -0.2) is 83.2 Å². The van der Waals surface area contributed by atoms with Gasteiger partial charge in [-0.2, -0.15) is 4.39 Å². The van der Waals surface area contributed by atoms with Gasteiger partial charge >= 0.3 is 0 Å². The van der Waals surface area contributed by atoms with E-state index in [9.17, 15) is 27.6 Å². The van der Waals surface area contributed by atoms with Gasteiger partial charge < -0.3 is 29.7 Å². The molecule has 3 atom stereocenters. The average Bonchev–Trinajstić information content (AvgIpc) is 3.26. The van der Waals surface area contributed by atoms with E-state index < -0.39 is 30.2 Å². The molecule has 6 rings (SSSR count). The topological polar surface area (TPSA) is 109 Å². The van der Waals surface area contributed by atoms with Gasteiger partial charge in [-0.15, -0.1) is 0 Å². The number of ether oxygens (including phenoxy) is 1. The van der Waals surface area contributed by atoms with Gasteiger partial charge in [0, 0.05) is 50.4 Å². The second kappa shape index (κ2) is 11.5. The molecule has 14 heteroatoms. The zero-order chi connectivity index (χ0) is 30.4. The van der Waals surface area contributed by atoms with Crippen molar-refractivity contribution >= 4 is 35.0 Å². The molecule has 2 aromatic carbocycles. The lowest BCUT2D eigenvalue weighted by Crippen LogP contribution is -2.51. The zero-order valence-corrected chi connectivity index (χ0v) is 23.8. The van der Waals surface area contributed by atoms with Gasteiger partial charge in [0.25, 0.3) is 11.8 Å². The summed E-state index contributed by atoms with van der Waals surface area (Å²) in [5.41, 5.74) is 0.465. The number of halogens is 4. The number of fused-ring (bicyclic) bond motifs is 1. The molecule has 0 radical (unpaired) electrons. The number of hydrogen-bond donors (Lipinski definition) is 2. The van der Waals surface area contributed by atoms with E-state index in [2.05, 4.69) is 20.4 Å². The number of piperidine rings is 1. The monoisotopic (exact) mass is 616 g/mol. The number of amides is 3. The zero-order valence-electron chi connectivity index (χ0n) is 23.1. The summed E-state index contributed by atoms with van der Waals surface area (Å²) in [5.74, 6) is -3.06. The maximum Gasteiger partial charge on any atom is 0.291 e. The quantitative estimate of drug-likeness (QED) is 0.422. The summed E-state index contributed by atoms with van der Waals surface area (Å²) in [7, 11) is 1.45. The molecule has 226 valence electrons. The molecular weight excluding hydrogens is 589 g/mol. The highest BCUT2D eigenvalue weighted by Crippen LogP contribution is 2.49. The maximum absolute atomic E-state index is 14.6. The minimum Gasteiger partial charge on any atom is -0.460 e. The van der Waals surface area contributed by atoms with Crippen LogP contribution in [0.1, 0.15) is 21.0 Å². The summed E-state index contributed by atoms with van der Waals surface area (Å²) in [6.45, 7) is 2.21. The number of nitrogens with one attached hydrogen (secondary N) is 2. The Hall–Kier alpha value is -4.10. The van der Waals surface area contributed by atoms with Gasteiger partial charge in [-0.25, -0.2) is 13.8 Å². The Labute approximate surface area is 249 Å². The van der Waals surface area contributed by atoms with Crippen molar-refractivity contribution in [2.75, 3.05) is 51.4 Å². The van der Waals surface area contributed by atoms with Crippen molar-refractivity contribution in [3.05, 3.63) is 64.6 Å². The van der Waals surface area contributed by atoms with Gasteiger partial charge in [0.15, 0.2) is 17.4 Å². The van der Waals surface area contributed by atoms with Gasteiger partial charge in [0.1, 0.15) is 0 Å². The fourth-order valence-electron chi connectivity index (χ4n) is 6.02. The third-order valence-electron chi connectivity index (χ3n) is 8.44. The number of imidazole rings is 1. The van der Waals surface area contributed by atoms with Gasteiger partial charge in [-0.3, -0.25) is 14.4 Å². The molecule has 1 saturated carbocycles. The molecule has 43 heavy (non-hydrogen) atoms. The molecule has 3 heterocycles. The third kappa shape index (κ3) is 5.31. The van der Waals surface area contributed by atoms with Crippen LogP contribution in [0.15, 0.2) is 36.5 Å². The summed E-state index contributed by atoms with van der Waals surface area (Å²) in [5, 5.41) is 6.07. The molecule has 1 aromatic heterocycles. The maximum atomic E-state index is 14.6. The van der Waals surface area contributed by atoms with Crippen LogP contribution in [0.3, 0.4) is 0 Å². The molecule has 3 aliphatic rings. The smallest absolute Gasteiger partial charge is 0.291 e. The normalized spacial score (nSPS) is 21.0. The number of benzene rings is 2. The van der Waals surface area contributed by atoms with Crippen molar-refractivity contribution in [3.63, 3.8) is 0 Å². The molecule has 2 N–H and O–H groups in total. The van der Waals surface area contributed by atoms with E-state index in [1.54, 1.807) is 4.90 Å². The van der Waals surface area contributed by atoms with Crippen molar-refractivity contribution in [2.45, 2.75) is 0 Å². The Kier molecular flexibility index (Phi) is 7.77. The van der Waals surface area contributed by atoms with Crippen molar-refractivity contribution in [3.8, 4) is 17.0 Å². The highest BCUT2D eigenvalue weighted by atomic mass is 35.5. The molecular formula is C29H28ClF3N6O4. The number of nitrogens with zero attached hydrogens (tertiary/aromatic N) is 4. The van der Waals surface area contributed by atoms with Gasteiger partial charge in [0.05, 0.1) is 22.5 Å². The Morgan fingerprint density at radius 3 is 2.42 bits per heavy atom. The third-order valence-corrected chi connectivity index (χ3v) is 8.75. The molecule has 2 saturated heterocycles. The van der Waals surface area contributed by atoms with Crippen molar-refractivity contribution < 1.29 is 32.3 Å². The fraction of sp³-hybridized carbons (Fsp3) is 0.379. The summed E-state index contributed by atoms with van der Waals surface area (Å²) in [6.07, 6.45) is 1.21. The predicted molar refractivity (Wildman–Crippen MR) is 150 cm³/mol. The summed E-state index contributed by atoms with van der Waals surface area (Å²) >= 11 is 6.44. The van der Waals surface area contributed by atoms with Crippen molar-refractivity contribution in [2.24, 2.45) is 24.8 Å². The first-order valence-electron chi connectivity index (χ1n) is 13.8. The number of carbonyl (C=O) groups excluding carboxylic acids is 3. The number of piperazine rings is 1. The van der Waals surface area contributed by atoms with Crippen LogP contribution in [0.4, 0.5) is 18.9 Å². The Bertz CT molecular complexity index is 1600. The van der Waals surface area contributed by atoms with Crippen LogP contribution in [0.2, 0.25) is 5.02 Å². The summed E-state index contributed by atoms with van der Waals surface area (Å²) in [4.78, 5) is 46.6. The van der Waals surface area contributed by atoms with E-state index in [0.717, 1.165) is 19.2 Å². The van der Waals surface area contributed by atoms with E-state index in [4.69, 9.17) is 11.6 Å². The van der Waals surface area contributed by atoms with E-state index >= 15 is 0 Å². The molecule has 0 bridgehead atoms. The van der Waals surface area contributed by atoms with Crippen LogP contribution in [0, 0.1) is 29.4 Å². The van der Waals surface area contributed by atoms with E-state index in [1.165, 1.54) is 42.1 Å². The second-order valence-corrected chi connectivity index (χ2v) is 11.2. The van der Waals surface area contributed by atoms with Crippen molar-refractivity contribution in [1.82, 2.24) is 24.7 Å². The number of rotatable bonds is 7. The Morgan fingerprint density at radius 2 is 1.74 bits per heavy atom. The molecule has 2 aliphatic heterocycles. The van der Waals surface area contributed by atoms with Gasteiger partial charge in [0.2, 0.25) is 18.6 Å². The number of anilines is 1. The molecule has 10 nitrogen and oxygen atoms in total. The van der Waals surface area contributed by atoms with Crippen molar-refractivity contribution in [1.29, 1.82) is 0 Å². The van der Waals surface area contributed by atoms with Crippen LogP contribution in [-0.2, 0) is 11.8 Å². The summed E-state index contributed by atoms with van der Waals surface area (Å²) in [6, 6.07) is 6.76. The lowest BCUT2D eigenvalue weighted by atomic mass is 10.1. The van der Waals surface area contributed by atoms with Crippen LogP contribution in [0.5, 0.6) is 5.75 Å². The number of aromatic nitrogens is 2. The van der Waals surface area contributed by atoms with Crippen LogP contribution >= 0.6 is 11.6 Å². The van der Waals surface area contributed by atoms with Crippen LogP contribution < -0.4 is 15.4 Å². The molecule has 1 unspecified atom stereocenters. The molecule has 0 spiro atoms. The molecule has 1 aliphatic carbocycles. The first-order chi connectivity index (χ1) is 20.7. The molecule has 3 fully saturated rings. The standard InChI is InChI=1S/C29H28ClF3N6O4/c1-37-21(17-4-5-22(43-14-31)25(33)24(17)32)13-35-26(37)27(40)36-15-2-3-16(20(30)10-15)28(41)38-6-8-39(9-7-38)29(42)23-18-11-34-12-19(18)23/h2-5,10,13,18-19,23,34H,6-9,11-12,14H2,1H3,(H,36,40)/t18-,19+,23?. The van der Waals surface area contributed by atoms with Gasteiger partial charge in [-0.1, -0.05) is 11.6 Å². The SMILES string of the molecule is Cn1c(-c2ccc(OCF)c(F)c2F)cnc1C(=O)Nc1ccc(C(=O)N2CCN(C(=O)C3[C@H]4CNC[C@@H]34)CC2)c(Cl)c1. The minimum absolute atomic E-state index is 0.103. The lowest BCUT2D eigenvalue weighted by Gasteiger charge is -2.35. The summed E-state index contributed by atoms with van der Waals surface area (Å²) < 4.78 is 47.0. The fourth-order valence-corrected chi connectivity index (χ4v) is 6.28. The van der Waals surface area contributed by atoms with E-state index in [0.29, 0.717) is 43.7 Å². The lowest BCUT2D eigenvalue weighted by molar-refractivity contribution is -0.134. The first-order valence-corrected chi connectivity index (χ1v) is 14.2. The number of carbonyl (C=O) groups is 3. The number of hydrogen-bond acceptors (Lipinski definition) is 6. The Morgan fingerprint density at radius 1 is 1.05 bits per heavy atom. The highest BCUT2D eigenvalue weighted by Gasteiger charge is 2.58. The van der Waals surface area contributed by atoms with E-state index in [1.807, 2.05) is 4.90 Å². The van der Waals surface area contributed by atoms with Gasteiger partial charge in [-0.05, 0) is 55.3 Å². The largest absolute Gasteiger partial charge is 0.460 e. The highest BCUT2D eigenvalue weighted by molar-refractivity contribution is 6.34.